The molecule has 0 unspecified atom stereocenters. The van der Waals surface area contributed by atoms with Crippen LogP contribution in [-0.4, -0.2) is 34.2 Å². The second-order valence-electron chi connectivity index (χ2n) is 5.88. The molecule has 0 aliphatic rings. The van der Waals surface area contributed by atoms with Crippen LogP contribution in [0.2, 0.25) is 0 Å². The summed E-state index contributed by atoms with van der Waals surface area (Å²) < 4.78 is 30.6. The van der Waals surface area contributed by atoms with Gasteiger partial charge < -0.3 is 10.1 Å². The highest BCUT2D eigenvalue weighted by molar-refractivity contribution is 7.92. The van der Waals surface area contributed by atoms with Crippen molar-refractivity contribution in [3.05, 3.63) is 59.7 Å². The van der Waals surface area contributed by atoms with E-state index < -0.39 is 10.0 Å². The summed E-state index contributed by atoms with van der Waals surface area (Å²) in [6, 6.07) is 14.5. The zero-order valence-electron chi connectivity index (χ0n) is 15.2. The van der Waals surface area contributed by atoms with Gasteiger partial charge in [-0.05, 0) is 30.2 Å². The van der Waals surface area contributed by atoms with Crippen molar-refractivity contribution in [3.8, 4) is 5.75 Å². The average molecular weight is 376 g/mol. The summed E-state index contributed by atoms with van der Waals surface area (Å²) in [6.45, 7) is 2.00. The quantitative estimate of drug-likeness (QED) is 0.767. The van der Waals surface area contributed by atoms with Crippen LogP contribution in [0.15, 0.2) is 48.5 Å². The Hall–Kier alpha value is -2.54. The van der Waals surface area contributed by atoms with Crippen LogP contribution in [0.4, 0.5) is 5.69 Å². The number of nitrogens with one attached hydrogen (secondary N) is 1. The number of benzene rings is 2. The van der Waals surface area contributed by atoms with Crippen LogP contribution in [0.1, 0.15) is 18.1 Å². The number of ether oxygens (including phenoxy) is 1. The number of hydrogen-bond acceptors (Lipinski definition) is 4. The van der Waals surface area contributed by atoms with E-state index in [0.717, 1.165) is 28.1 Å². The number of nitrogens with zero attached hydrogens (tertiary/aromatic N) is 1. The molecule has 0 aliphatic carbocycles. The number of hydrogen-bond donors (Lipinski definition) is 1. The summed E-state index contributed by atoms with van der Waals surface area (Å²) in [4.78, 5) is 12.3. The van der Waals surface area contributed by atoms with Gasteiger partial charge in [-0.15, -0.1) is 0 Å². The lowest BCUT2D eigenvalue weighted by molar-refractivity contribution is -0.119. The Balaban J connectivity index is 2.09. The second kappa shape index (κ2) is 8.71. The molecule has 0 aromatic heterocycles. The molecule has 0 fully saturated rings. The van der Waals surface area contributed by atoms with E-state index in [-0.39, 0.29) is 19.0 Å². The molecule has 0 heterocycles. The molecule has 0 spiro atoms. The van der Waals surface area contributed by atoms with Gasteiger partial charge in [-0.25, -0.2) is 8.42 Å². The summed E-state index contributed by atoms with van der Waals surface area (Å²) in [6.07, 6.45) is 1.95. The minimum Gasteiger partial charge on any atom is -0.496 e. The molecule has 140 valence electrons. The number of carbonyl (C=O) groups excluding carboxylic acids is 1. The lowest BCUT2D eigenvalue weighted by Gasteiger charge is -2.22. The fraction of sp³-hybridized carbons (Fsp3) is 0.316. The number of aryl methyl sites for hydroxylation is 1. The predicted octanol–water partition coefficient (Wildman–Crippen LogP) is 2.34. The summed E-state index contributed by atoms with van der Waals surface area (Å²) in [5.41, 5.74) is 2.39. The zero-order chi connectivity index (χ0) is 19.2. The molecule has 6 nitrogen and oxygen atoms in total. The first-order chi connectivity index (χ1) is 12.3. The van der Waals surface area contributed by atoms with E-state index >= 15 is 0 Å². The molecule has 1 amide bonds. The lowest BCUT2D eigenvalue weighted by atomic mass is 10.1. The van der Waals surface area contributed by atoms with Gasteiger partial charge in [0.15, 0.2) is 0 Å². The van der Waals surface area contributed by atoms with Crippen LogP contribution in [0.25, 0.3) is 0 Å². The predicted molar refractivity (Wildman–Crippen MR) is 103 cm³/mol. The molecule has 2 aromatic rings. The molecule has 0 aliphatic heterocycles. The van der Waals surface area contributed by atoms with Gasteiger partial charge in [-0.3, -0.25) is 9.10 Å². The molecule has 0 atom stereocenters. The molecule has 0 bridgehead atoms. The fourth-order valence-corrected chi connectivity index (χ4v) is 3.38. The SMILES string of the molecule is CCc1ccc(N(CC(=O)NCc2ccccc2OC)S(C)(=O)=O)cc1. The third-order valence-electron chi connectivity index (χ3n) is 3.99. The van der Waals surface area contributed by atoms with E-state index in [9.17, 15) is 13.2 Å². The number of amides is 1. The summed E-state index contributed by atoms with van der Waals surface area (Å²) in [7, 11) is -2.02. The van der Waals surface area contributed by atoms with Crippen LogP contribution in [0, 0.1) is 0 Å². The molecule has 2 aromatic carbocycles. The average Bonchev–Trinajstić information content (AvgIpc) is 2.64. The van der Waals surface area contributed by atoms with E-state index in [1.165, 1.54) is 0 Å². The number of para-hydroxylation sites is 1. The van der Waals surface area contributed by atoms with Gasteiger partial charge in [0.2, 0.25) is 15.9 Å². The van der Waals surface area contributed by atoms with Gasteiger partial charge in [0, 0.05) is 12.1 Å². The molecule has 2 rings (SSSR count). The fourth-order valence-electron chi connectivity index (χ4n) is 2.53. The maximum Gasteiger partial charge on any atom is 0.241 e. The molecule has 7 heteroatoms. The van der Waals surface area contributed by atoms with Gasteiger partial charge in [0.05, 0.1) is 19.1 Å². The minimum atomic E-state index is -3.58. The van der Waals surface area contributed by atoms with E-state index in [1.54, 1.807) is 25.3 Å². The van der Waals surface area contributed by atoms with E-state index in [2.05, 4.69) is 5.32 Å². The topological polar surface area (TPSA) is 75.7 Å². The Morgan fingerprint density at radius 1 is 1.12 bits per heavy atom. The summed E-state index contributed by atoms with van der Waals surface area (Å²) in [5, 5.41) is 2.74. The monoisotopic (exact) mass is 376 g/mol. The second-order valence-corrected chi connectivity index (χ2v) is 7.79. The molecular weight excluding hydrogens is 352 g/mol. The van der Waals surface area contributed by atoms with Crippen LogP contribution in [0.5, 0.6) is 5.75 Å². The summed E-state index contributed by atoms with van der Waals surface area (Å²) in [5.74, 6) is 0.281. The van der Waals surface area contributed by atoms with Crippen LogP contribution < -0.4 is 14.4 Å². The zero-order valence-corrected chi connectivity index (χ0v) is 16.0. The van der Waals surface area contributed by atoms with Crippen molar-refractivity contribution in [1.82, 2.24) is 5.32 Å². The van der Waals surface area contributed by atoms with Crippen LogP contribution in [0.3, 0.4) is 0 Å². The highest BCUT2D eigenvalue weighted by atomic mass is 32.2. The first-order valence-electron chi connectivity index (χ1n) is 8.30. The highest BCUT2D eigenvalue weighted by Crippen LogP contribution is 2.19. The number of anilines is 1. The molecule has 0 saturated carbocycles. The Kier molecular flexibility index (Phi) is 6.63. The van der Waals surface area contributed by atoms with Gasteiger partial charge in [-0.2, -0.15) is 0 Å². The van der Waals surface area contributed by atoms with Crippen molar-refractivity contribution >= 4 is 21.6 Å². The third kappa shape index (κ3) is 5.23. The molecule has 1 N–H and O–H groups in total. The van der Waals surface area contributed by atoms with E-state index in [1.807, 2.05) is 37.3 Å². The molecular formula is C19H24N2O4S. The minimum absolute atomic E-state index is 0.259. The number of methoxy groups -OCH3 is 1. The maximum absolute atomic E-state index is 12.3. The first kappa shape index (κ1) is 19.8. The largest absolute Gasteiger partial charge is 0.496 e. The molecule has 0 saturated heterocycles. The number of sulfonamides is 1. The highest BCUT2D eigenvalue weighted by Gasteiger charge is 2.20. The van der Waals surface area contributed by atoms with Gasteiger partial charge in [-0.1, -0.05) is 37.3 Å². The first-order valence-corrected chi connectivity index (χ1v) is 10.1. The third-order valence-corrected chi connectivity index (χ3v) is 5.13. The number of rotatable bonds is 8. The van der Waals surface area contributed by atoms with Crippen molar-refractivity contribution in [1.29, 1.82) is 0 Å². The smallest absolute Gasteiger partial charge is 0.241 e. The van der Waals surface area contributed by atoms with Gasteiger partial charge >= 0.3 is 0 Å². The summed E-state index contributed by atoms with van der Waals surface area (Å²) >= 11 is 0. The Morgan fingerprint density at radius 2 is 1.77 bits per heavy atom. The van der Waals surface area contributed by atoms with Crippen molar-refractivity contribution in [3.63, 3.8) is 0 Å². The Bertz CT molecular complexity index is 848. The Morgan fingerprint density at radius 3 is 2.35 bits per heavy atom. The van der Waals surface area contributed by atoms with Gasteiger partial charge in [0.25, 0.3) is 0 Å². The molecule has 26 heavy (non-hydrogen) atoms. The van der Waals surface area contributed by atoms with Crippen LogP contribution in [-0.2, 0) is 27.8 Å². The van der Waals surface area contributed by atoms with Crippen molar-refractivity contribution in [2.45, 2.75) is 19.9 Å². The normalized spacial score (nSPS) is 11.0. The van der Waals surface area contributed by atoms with E-state index in [0.29, 0.717) is 11.4 Å². The van der Waals surface area contributed by atoms with Crippen LogP contribution >= 0.6 is 0 Å². The van der Waals surface area contributed by atoms with Crippen molar-refractivity contribution < 1.29 is 17.9 Å². The van der Waals surface area contributed by atoms with Crippen molar-refractivity contribution in [2.24, 2.45) is 0 Å². The van der Waals surface area contributed by atoms with E-state index in [4.69, 9.17) is 4.74 Å². The lowest BCUT2D eigenvalue weighted by Crippen LogP contribution is -2.40. The number of carbonyl (C=O) groups is 1. The molecule has 0 radical (unpaired) electrons. The maximum atomic E-state index is 12.3. The van der Waals surface area contributed by atoms with Gasteiger partial charge in [0.1, 0.15) is 12.3 Å². The Labute approximate surface area is 154 Å². The standard InChI is InChI=1S/C19H24N2O4S/c1-4-15-9-11-17(12-10-15)21(26(3,23)24)14-19(22)20-13-16-7-5-6-8-18(16)25-2/h5-12H,4,13-14H2,1-3H3,(H,20,22). The van der Waals surface area contributed by atoms with Crippen molar-refractivity contribution in [2.75, 3.05) is 24.2 Å².